The van der Waals surface area contributed by atoms with Gasteiger partial charge >= 0.3 is 6.15 Å². The van der Waals surface area contributed by atoms with E-state index < -0.39 is 0 Å². The van der Waals surface area contributed by atoms with Gasteiger partial charge in [-0.3, -0.25) is 0 Å². The third-order valence-electron chi connectivity index (χ3n) is 5.16. The van der Waals surface area contributed by atoms with Gasteiger partial charge in [-0.25, -0.2) is 0 Å². The smallest absolute Gasteiger partial charge is 0.373 e. The van der Waals surface area contributed by atoms with Crippen LogP contribution in [0.2, 0.25) is 5.02 Å². The van der Waals surface area contributed by atoms with Crippen LogP contribution in [0.15, 0.2) is 42.0 Å². The third kappa shape index (κ3) is 5.32. The lowest BCUT2D eigenvalue weighted by Gasteiger charge is -2.15. The summed E-state index contributed by atoms with van der Waals surface area (Å²) in [4.78, 5) is 16.2. The minimum atomic E-state index is 0.250. The first kappa shape index (κ1) is 21.0. The molecule has 2 aromatic rings. The molecule has 0 bridgehead atoms. The second kappa shape index (κ2) is 10.1. The molecular weight excluding hydrogens is 360 g/mol. The number of aryl methyl sites for hydroxylation is 1. The Kier molecular flexibility index (Phi) is 7.84. The zero-order chi connectivity index (χ0) is 19.8. The van der Waals surface area contributed by atoms with Crippen LogP contribution in [0.1, 0.15) is 48.4 Å². The van der Waals surface area contributed by atoms with Gasteiger partial charge in [0.15, 0.2) is 0 Å². The summed E-state index contributed by atoms with van der Waals surface area (Å²) in [6.45, 7) is 7.23. The number of carbonyl (C=O) groups excluding carboxylic acids is 2. The highest BCUT2D eigenvalue weighted by Gasteiger charge is 2.17. The number of allylic oxidation sites excluding steroid dienone is 1. The molecule has 0 aromatic heterocycles. The van der Waals surface area contributed by atoms with Gasteiger partial charge in [-0.2, -0.15) is 9.59 Å². The zero-order valence-electron chi connectivity index (χ0n) is 16.1. The predicted molar refractivity (Wildman–Crippen MR) is 108 cm³/mol. The second-order valence-electron chi connectivity index (χ2n) is 6.64. The van der Waals surface area contributed by atoms with Crippen molar-refractivity contribution >= 4 is 23.3 Å². The van der Waals surface area contributed by atoms with Crippen molar-refractivity contribution in [2.75, 3.05) is 6.61 Å². The van der Waals surface area contributed by atoms with Crippen LogP contribution < -0.4 is 4.74 Å². The van der Waals surface area contributed by atoms with Gasteiger partial charge in [-0.15, -0.1) is 0 Å². The van der Waals surface area contributed by atoms with Gasteiger partial charge in [0.25, 0.3) is 0 Å². The molecule has 0 saturated heterocycles. The fourth-order valence-corrected chi connectivity index (χ4v) is 3.65. The maximum Gasteiger partial charge on any atom is 0.373 e. The van der Waals surface area contributed by atoms with Gasteiger partial charge in [-0.05, 0) is 91.1 Å². The lowest BCUT2D eigenvalue weighted by Crippen LogP contribution is -2.04. The van der Waals surface area contributed by atoms with E-state index in [1.807, 2.05) is 12.1 Å². The van der Waals surface area contributed by atoms with Gasteiger partial charge < -0.3 is 4.74 Å². The van der Waals surface area contributed by atoms with Crippen molar-refractivity contribution < 1.29 is 14.3 Å². The van der Waals surface area contributed by atoms with Crippen molar-refractivity contribution in [3.05, 3.63) is 69.2 Å². The van der Waals surface area contributed by atoms with E-state index >= 15 is 0 Å². The molecule has 0 unspecified atom stereocenters. The highest BCUT2D eigenvalue weighted by molar-refractivity contribution is 6.30. The average molecular weight is 385 g/mol. The zero-order valence-corrected chi connectivity index (χ0v) is 16.9. The summed E-state index contributed by atoms with van der Waals surface area (Å²) in [6, 6.07) is 12.5. The van der Waals surface area contributed by atoms with Crippen LogP contribution in [0.3, 0.4) is 0 Å². The van der Waals surface area contributed by atoms with Gasteiger partial charge in [-0.1, -0.05) is 36.7 Å². The maximum absolute atomic E-state index is 8.12. The molecule has 1 aliphatic rings. The van der Waals surface area contributed by atoms with Crippen molar-refractivity contribution in [3.8, 4) is 5.75 Å². The molecule has 27 heavy (non-hydrogen) atoms. The summed E-state index contributed by atoms with van der Waals surface area (Å²) < 4.78 is 6.19. The molecule has 0 saturated carbocycles. The summed E-state index contributed by atoms with van der Waals surface area (Å²) in [5.41, 5.74) is 8.17. The second-order valence-corrected chi connectivity index (χ2v) is 7.08. The van der Waals surface area contributed by atoms with E-state index in [9.17, 15) is 0 Å². The van der Waals surface area contributed by atoms with E-state index in [4.69, 9.17) is 25.9 Å². The fourth-order valence-electron chi connectivity index (χ4n) is 3.52. The summed E-state index contributed by atoms with van der Waals surface area (Å²) in [5.74, 6) is 1.01. The van der Waals surface area contributed by atoms with Gasteiger partial charge in [0.05, 0.1) is 0 Å². The molecule has 4 heteroatoms. The number of rotatable bonds is 5. The quantitative estimate of drug-likeness (QED) is 0.639. The number of benzene rings is 2. The van der Waals surface area contributed by atoms with Crippen molar-refractivity contribution in [2.45, 2.75) is 46.5 Å². The van der Waals surface area contributed by atoms with Crippen LogP contribution >= 0.6 is 11.6 Å². The molecule has 2 aromatic carbocycles. The minimum Gasteiger partial charge on any atom is -0.489 e. The summed E-state index contributed by atoms with van der Waals surface area (Å²) in [6.07, 6.45) is 4.79. The molecule has 0 fully saturated rings. The largest absolute Gasteiger partial charge is 0.489 e. The first-order valence-electron chi connectivity index (χ1n) is 9.19. The molecule has 3 nitrogen and oxygen atoms in total. The van der Waals surface area contributed by atoms with E-state index in [2.05, 4.69) is 45.0 Å². The molecule has 142 valence electrons. The summed E-state index contributed by atoms with van der Waals surface area (Å²) in [5, 5.41) is 0.789. The minimum absolute atomic E-state index is 0.250. The van der Waals surface area contributed by atoms with Crippen molar-refractivity contribution in [3.63, 3.8) is 0 Å². The maximum atomic E-state index is 8.12. The Hall–Kier alpha value is -2.35. The first-order valence-corrected chi connectivity index (χ1v) is 9.57. The lowest BCUT2D eigenvalue weighted by molar-refractivity contribution is -0.191. The predicted octanol–water partition coefficient (Wildman–Crippen LogP) is 5.95. The van der Waals surface area contributed by atoms with Crippen LogP contribution in [0.5, 0.6) is 5.75 Å². The Labute approximate surface area is 166 Å². The summed E-state index contributed by atoms with van der Waals surface area (Å²) >= 11 is 6.01. The van der Waals surface area contributed by atoms with Crippen molar-refractivity contribution in [2.24, 2.45) is 0 Å². The van der Waals surface area contributed by atoms with E-state index in [0.717, 1.165) is 30.0 Å². The molecule has 0 radical (unpaired) electrons. The fraction of sp³-hybridized carbons (Fsp3) is 0.348. The van der Waals surface area contributed by atoms with E-state index in [1.165, 1.54) is 39.8 Å². The van der Waals surface area contributed by atoms with Crippen LogP contribution in [-0.2, 0) is 16.0 Å². The molecule has 0 N–H and O–H groups in total. The standard InChI is InChI=1S/C22H25ClO.CO2/c1-4-17-10-13-22(16(3)15(17)2)24-14-19-6-5-7-21(19)18-8-11-20(23)12-9-18;2-1-3/h8-13H,4-7,14H2,1-3H3;. The number of hydrogen-bond acceptors (Lipinski definition) is 3. The Bertz CT molecular complexity index is 845. The molecular formula is C23H25ClO3. The number of ether oxygens (including phenoxy) is 1. The van der Waals surface area contributed by atoms with Crippen molar-refractivity contribution in [1.29, 1.82) is 0 Å². The Morgan fingerprint density at radius 3 is 2.30 bits per heavy atom. The average Bonchev–Trinajstić information content (AvgIpc) is 3.13. The van der Waals surface area contributed by atoms with Gasteiger partial charge in [0, 0.05) is 5.02 Å². The molecule has 0 atom stereocenters. The highest BCUT2D eigenvalue weighted by atomic mass is 35.5. The van der Waals surface area contributed by atoms with Crippen LogP contribution in [0.25, 0.3) is 5.57 Å². The van der Waals surface area contributed by atoms with E-state index in [1.54, 1.807) is 0 Å². The highest BCUT2D eigenvalue weighted by Crippen LogP contribution is 2.35. The molecule has 1 aliphatic carbocycles. The monoisotopic (exact) mass is 384 g/mol. The van der Waals surface area contributed by atoms with Crippen LogP contribution in [0, 0.1) is 13.8 Å². The Morgan fingerprint density at radius 1 is 1.00 bits per heavy atom. The normalized spacial score (nSPS) is 13.0. The topological polar surface area (TPSA) is 43.4 Å². The van der Waals surface area contributed by atoms with Gasteiger partial charge in [0.2, 0.25) is 0 Å². The lowest BCUT2D eigenvalue weighted by atomic mass is 10.0. The molecule has 0 spiro atoms. The molecule has 0 aliphatic heterocycles. The Balaban J connectivity index is 0.000000817. The van der Waals surface area contributed by atoms with Crippen LogP contribution in [-0.4, -0.2) is 12.8 Å². The van der Waals surface area contributed by atoms with E-state index in [0.29, 0.717) is 6.61 Å². The molecule has 0 amide bonds. The number of hydrogen-bond donors (Lipinski definition) is 0. The van der Waals surface area contributed by atoms with Gasteiger partial charge in [0.1, 0.15) is 12.4 Å². The Morgan fingerprint density at radius 2 is 1.67 bits per heavy atom. The van der Waals surface area contributed by atoms with Crippen molar-refractivity contribution in [1.82, 2.24) is 0 Å². The molecule has 0 heterocycles. The van der Waals surface area contributed by atoms with E-state index in [-0.39, 0.29) is 6.15 Å². The third-order valence-corrected chi connectivity index (χ3v) is 5.41. The SMILES string of the molecule is CCc1ccc(OCC2=C(c3ccc(Cl)cc3)CCC2)c(C)c1C.O=C=O. The van der Waals surface area contributed by atoms with Crippen LogP contribution in [0.4, 0.5) is 0 Å². The molecule has 3 rings (SSSR count). The first-order chi connectivity index (χ1) is 13.0. The summed E-state index contributed by atoms with van der Waals surface area (Å²) in [7, 11) is 0. The number of halogens is 1.